The van der Waals surface area contributed by atoms with Gasteiger partial charge in [-0.05, 0) is 36.4 Å². The highest BCUT2D eigenvalue weighted by atomic mass is 32.1. The van der Waals surface area contributed by atoms with Gasteiger partial charge in [0.1, 0.15) is 0 Å². The van der Waals surface area contributed by atoms with Gasteiger partial charge >= 0.3 is 0 Å². The molecule has 0 unspecified atom stereocenters. The molecule has 1 aliphatic rings. The van der Waals surface area contributed by atoms with E-state index in [-0.39, 0.29) is 23.5 Å². The van der Waals surface area contributed by atoms with Crippen LogP contribution in [0, 0.1) is 6.92 Å². The van der Waals surface area contributed by atoms with Crippen LogP contribution in [-0.2, 0) is 4.79 Å². The summed E-state index contributed by atoms with van der Waals surface area (Å²) in [5, 5.41) is 13.9. The number of nitrogens with two attached hydrogens (primary N) is 1. The third-order valence-corrected chi connectivity index (χ3v) is 5.36. The molecular weight excluding hydrogens is 366 g/mol. The van der Waals surface area contributed by atoms with Crippen molar-refractivity contribution >= 4 is 39.9 Å². The number of carbonyl (C=O) groups is 2. The van der Waals surface area contributed by atoms with Crippen LogP contribution >= 0.6 is 11.3 Å². The Balaban J connectivity index is 1.83. The molecule has 0 saturated carbocycles. The number of anilines is 3. The fourth-order valence-corrected chi connectivity index (χ4v) is 3.67. The van der Waals surface area contributed by atoms with Gasteiger partial charge in [-0.1, -0.05) is 6.58 Å². The lowest BCUT2D eigenvalue weighted by molar-refractivity contribution is -0.125. The highest BCUT2D eigenvalue weighted by molar-refractivity contribution is 7.14. The van der Waals surface area contributed by atoms with E-state index in [1.165, 1.54) is 17.4 Å². The Bertz CT molecular complexity index is 882. The summed E-state index contributed by atoms with van der Waals surface area (Å²) in [7, 11) is 1.84. The molecule has 0 bridgehead atoms. The topological polar surface area (TPSA) is 117 Å². The SMILES string of the molecule is C=CC(=O)N1CC[C@@H](N(C)c2nnc(C(N)=O)c(Nc3cc(C)cs3)n2)C1. The lowest BCUT2D eigenvalue weighted by Gasteiger charge is -2.24. The highest BCUT2D eigenvalue weighted by Gasteiger charge is 2.29. The summed E-state index contributed by atoms with van der Waals surface area (Å²) in [5.74, 6) is -0.181. The molecule has 10 heteroatoms. The molecule has 1 fully saturated rings. The standard InChI is InChI=1S/C17H21N7O2S/c1-4-13(25)24-6-5-11(8-24)23(3)17-20-16(14(15(18)26)21-22-17)19-12-7-10(2)9-27-12/h4,7,9,11H,1,5-6,8H2,2-3H3,(H2,18,26)(H,19,20,22)/t11-/m1/s1. The smallest absolute Gasteiger partial charge is 0.273 e. The van der Waals surface area contributed by atoms with Gasteiger partial charge in [-0.15, -0.1) is 21.5 Å². The second kappa shape index (κ2) is 7.70. The van der Waals surface area contributed by atoms with E-state index in [1.807, 2.05) is 30.3 Å². The summed E-state index contributed by atoms with van der Waals surface area (Å²) in [6.45, 7) is 6.69. The van der Waals surface area contributed by atoms with Crippen molar-refractivity contribution in [2.24, 2.45) is 5.73 Å². The molecule has 0 spiro atoms. The highest BCUT2D eigenvalue weighted by Crippen LogP contribution is 2.26. The molecule has 0 aromatic carbocycles. The number of primary amides is 1. The number of likely N-dealkylation sites (N-methyl/N-ethyl adjacent to an activating group) is 1. The van der Waals surface area contributed by atoms with E-state index < -0.39 is 5.91 Å². The summed E-state index contributed by atoms with van der Waals surface area (Å²) in [5.41, 5.74) is 6.48. The minimum atomic E-state index is -0.705. The first-order valence-corrected chi connectivity index (χ1v) is 9.28. The average molecular weight is 387 g/mol. The molecule has 0 aliphatic carbocycles. The third kappa shape index (κ3) is 4.05. The van der Waals surface area contributed by atoms with Crippen LogP contribution < -0.4 is 16.0 Å². The molecule has 1 saturated heterocycles. The molecule has 2 amide bonds. The molecule has 1 aliphatic heterocycles. The summed E-state index contributed by atoms with van der Waals surface area (Å²) >= 11 is 1.49. The quantitative estimate of drug-likeness (QED) is 0.718. The molecule has 27 heavy (non-hydrogen) atoms. The van der Waals surface area contributed by atoms with Crippen LogP contribution in [-0.4, -0.2) is 58.1 Å². The van der Waals surface area contributed by atoms with E-state index in [2.05, 4.69) is 27.1 Å². The van der Waals surface area contributed by atoms with Gasteiger partial charge in [0.05, 0.1) is 11.0 Å². The Labute approximate surface area is 160 Å². The van der Waals surface area contributed by atoms with Crippen molar-refractivity contribution in [3.63, 3.8) is 0 Å². The van der Waals surface area contributed by atoms with E-state index in [4.69, 9.17) is 5.73 Å². The van der Waals surface area contributed by atoms with E-state index in [0.29, 0.717) is 19.0 Å². The zero-order chi connectivity index (χ0) is 19.6. The van der Waals surface area contributed by atoms with Gasteiger partial charge in [0.2, 0.25) is 11.9 Å². The van der Waals surface area contributed by atoms with Crippen LogP contribution in [0.2, 0.25) is 0 Å². The largest absolute Gasteiger partial charge is 0.364 e. The molecule has 2 aromatic rings. The minimum absolute atomic E-state index is 0.0203. The number of rotatable bonds is 6. The lowest BCUT2D eigenvalue weighted by Crippen LogP contribution is -2.37. The van der Waals surface area contributed by atoms with Crippen molar-refractivity contribution in [3.05, 3.63) is 35.4 Å². The van der Waals surface area contributed by atoms with Gasteiger partial charge in [0.25, 0.3) is 5.91 Å². The van der Waals surface area contributed by atoms with Crippen molar-refractivity contribution in [3.8, 4) is 0 Å². The van der Waals surface area contributed by atoms with Crippen LogP contribution in [0.4, 0.5) is 16.8 Å². The number of hydrogen-bond donors (Lipinski definition) is 2. The van der Waals surface area contributed by atoms with Crippen LogP contribution in [0.25, 0.3) is 0 Å². The lowest BCUT2D eigenvalue weighted by atomic mass is 10.2. The number of aromatic nitrogens is 3. The molecule has 1 atom stereocenters. The molecule has 3 rings (SSSR count). The van der Waals surface area contributed by atoms with E-state index in [9.17, 15) is 9.59 Å². The number of hydrogen-bond acceptors (Lipinski definition) is 8. The average Bonchev–Trinajstić information content (AvgIpc) is 3.29. The summed E-state index contributed by atoms with van der Waals surface area (Å²) in [6.07, 6.45) is 2.09. The van der Waals surface area contributed by atoms with Crippen molar-refractivity contribution in [2.75, 3.05) is 30.4 Å². The first-order chi connectivity index (χ1) is 12.9. The van der Waals surface area contributed by atoms with Crippen molar-refractivity contribution in [2.45, 2.75) is 19.4 Å². The Morgan fingerprint density at radius 2 is 2.26 bits per heavy atom. The minimum Gasteiger partial charge on any atom is -0.364 e. The van der Waals surface area contributed by atoms with Crippen LogP contribution in [0.1, 0.15) is 22.5 Å². The molecule has 0 radical (unpaired) electrons. The van der Waals surface area contributed by atoms with E-state index >= 15 is 0 Å². The molecule has 3 N–H and O–H groups in total. The number of amides is 2. The Morgan fingerprint density at radius 3 is 2.89 bits per heavy atom. The first-order valence-electron chi connectivity index (χ1n) is 8.40. The fraction of sp³-hybridized carbons (Fsp3) is 0.353. The predicted octanol–water partition coefficient (Wildman–Crippen LogP) is 1.31. The van der Waals surface area contributed by atoms with Gasteiger partial charge < -0.3 is 20.9 Å². The molecule has 9 nitrogen and oxygen atoms in total. The number of aryl methyl sites for hydroxylation is 1. The van der Waals surface area contributed by atoms with Crippen molar-refractivity contribution in [1.82, 2.24) is 20.1 Å². The van der Waals surface area contributed by atoms with Gasteiger partial charge in [-0.2, -0.15) is 4.98 Å². The van der Waals surface area contributed by atoms with E-state index in [0.717, 1.165) is 17.0 Å². The zero-order valence-electron chi connectivity index (χ0n) is 15.2. The molecule has 142 valence electrons. The van der Waals surface area contributed by atoms with Crippen LogP contribution in [0.5, 0.6) is 0 Å². The number of thiophene rings is 1. The van der Waals surface area contributed by atoms with Gasteiger partial charge in [-0.3, -0.25) is 9.59 Å². The maximum Gasteiger partial charge on any atom is 0.273 e. The zero-order valence-corrected chi connectivity index (χ0v) is 16.0. The van der Waals surface area contributed by atoms with Gasteiger partial charge in [0.15, 0.2) is 11.5 Å². The first kappa shape index (κ1) is 18.8. The second-order valence-corrected chi connectivity index (χ2v) is 7.24. The predicted molar refractivity (Wildman–Crippen MR) is 104 cm³/mol. The maximum absolute atomic E-state index is 11.8. The monoisotopic (exact) mass is 387 g/mol. The number of likely N-dealkylation sites (tertiary alicyclic amines) is 1. The van der Waals surface area contributed by atoms with Crippen LogP contribution in [0.3, 0.4) is 0 Å². The maximum atomic E-state index is 11.8. The fourth-order valence-electron chi connectivity index (χ4n) is 2.88. The second-order valence-electron chi connectivity index (χ2n) is 6.33. The normalized spacial score (nSPS) is 16.2. The molecular formula is C17H21N7O2S. The summed E-state index contributed by atoms with van der Waals surface area (Å²) in [6, 6.07) is 1.99. The third-order valence-electron chi connectivity index (χ3n) is 4.39. The van der Waals surface area contributed by atoms with Gasteiger partial charge in [0, 0.05) is 20.1 Å². The number of nitrogens with one attached hydrogen (secondary N) is 1. The molecule has 2 aromatic heterocycles. The molecule has 3 heterocycles. The Morgan fingerprint density at radius 1 is 1.48 bits per heavy atom. The van der Waals surface area contributed by atoms with Crippen LogP contribution in [0.15, 0.2) is 24.1 Å². The number of carbonyl (C=O) groups excluding carboxylic acids is 2. The number of nitrogens with zero attached hydrogens (tertiary/aromatic N) is 5. The van der Waals surface area contributed by atoms with Gasteiger partial charge in [-0.25, -0.2) is 0 Å². The van der Waals surface area contributed by atoms with E-state index in [1.54, 1.807) is 4.90 Å². The summed E-state index contributed by atoms with van der Waals surface area (Å²) < 4.78 is 0. The Hall–Kier alpha value is -3.01. The summed E-state index contributed by atoms with van der Waals surface area (Å²) in [4.78, 5) is 31.5. The Kier molecular flexibility index (Phi) is 5.36. The van der Waals surface area contributed by atoms with Crippen molar-refractivity contribution in [1.29, 1.82) is 0 Å². The van der Waals surface area contributed by atoms with Crippen molar-refractivity contribution < 1.29 is 9.59 Å².